The van der Waals surface area contributed by atoms with Crippen molar-refractivity contribution in [1.82, 2.24) is 9.55 Å². The van der Waals surface area contributed by atoms with Crippen LogP contribution in [0.25, 0.3) is 11.0 Å². The van der Waals surface area contributed by atoms with E-state index < -0.39 is 0 Å². The molecule has 0 fully saturated rings. The summed E-state index contributed by atoms with van der Waals surface area (Å²) >= 11 is 0. The summed E-state index contributed by atoms with van der Waals surface area (Å²) in [6.07, 6.45) is 1.91. The van der Waals surface area contributed by atoms with Gasteiger partial charge in [0.1, 0.15) is 0 Å². The minimum Gasteiger partial charge on any atom is -0.334 e. The number of aryl methyl sites for hydroxylation is 1. The molecule has 0 unspecified atom stereocenters. The van der Waals surface area contributed by atoms with Gasteiger partial charge in [-0.15, -0.1) is 0 Å². The Kier molecular flexibility index (Phi) is 2.16. The van der Waals surface area contributed by atoms with Gasteiger partial charge in [0.15, 0.2) is 0 Å². The number of aromatic nitrogens is 2. The average molecular weight is 256 g/mol. The number of imidazole rings is 1. The molecule has 2 heteroatoms. The topological polar surface area (TPSA) is 17.8 Å². The predicted molar refractivity (Wildman–Crippen MR) is 80.5 cm³/mol. The number of hydrogen-bond acceptors (Lipinski definition) is 1. The summed E-state index contributed by atoms with van der Waals surface area (Å²) in [4.78, 5) is 4.52. The highest BCUT2D eigenvalue weighted by Gasteiger charge is 2.56. The van der Waals surface area contributed by atoms with E-state index in [1.54, 1.807) is 0 Å². The summed E-state index contributed by atoms with van der Waals surface area (Å²) < 4.78 is 2.12. The van der Waals surface area contributed by atoms with E-state index in [4.69, 9.17) is 0 Å². The zero-order valence-electron chi connectivity index (χ0n) is 13.1. The maximum absolute atomic E-state index is 4.52. The van der Waals surface area contributed by atoms with Crippen molar-refractivity contribution in [1.29, 1.82) is 0 Å². The van der Waals surface area contributed by atoms with Crippen molar-refractivity contribution in [2.45, 2.75) is 52.4 Å². The summed E-state index contributed by atoms with van der Waals surface area (Å²) in [7, 11) is 2.07. The first-order valence-corrected chi connectivity index (χ1v) is 7.07. The fraction of sp³-hybridized carbons (Fsp3) is 0.588. The van der Waals surface area contributed by atoms with Gasteiger partial charge in [-0.05, 0) is 39.5 Å². The molecule has 0 amide bonds. The second-order valence-corrected chi connectivity index (χ2v) is 7.62. The van der Waals surface area contributed by atoms with Crippen LogP contribution in [0.2, 0.25) is 0 Å². The monoisotopic (exact) mass is 256 g/mol. The van der Waals surface area contributed by atoms with E-state index in [2.05, 4.69) is 70.3 Å². The molecule has 1 heterocycles. The summed E-state index contributed by atoms with van der Waals surface area (Å²) in [5.74, 6) is 0. The maximum Gasteiger partial charge on any atom is 0.0955 e. The van der Waals surface area contributed by atoms with Crippen molar-refractivity contribution in [3.8, 4) is 0 Å². The van der Waals surface area contributed by atoms with Crippen molar-refractivity contribution in [3.05, 3.63) is 29.6 Å². The van der Waals surface area contributed by atoms with Gasteiger partial charge in [0, 0.05) is 7.05 Å². The molecular formula is C17H24N2. The Balaban J connectivity index is 2.43. The molecule has 2 aromatic rings. The van der Waals surface area contributed by atoms with E-state index in [1.807, 2.05) is 6.33 Å². The highest BCUT2D eigenvalue weighted by atomic mass is 15.0. The number of fused-ring (bicyclic) bond motifs is 2. The van der Waals surface area contributed by atoms with Gasteiger partial charge in [0.25, 0.3) is 0 Å². The van der Waals surface area contributed by atoms with Gasteiger partial charge in [-0.3, -0.25) is 0 Å². The van der Waals surface area contributed by atoms with E-state index in [9.17, 15) is 0 Å². The molecule has 2 nitrogen and oxygen atoms in total. The van der Waals surface area contributed by atoms with Gasteiger partial charge in [0.05, 0.1) is 17.4 Å². The Morgan fingerprint density at radius 3 is 2.00 bits per heavy atom. The van der Waals surface area contributed by atoms with Crippen LogP contribution in [0.15, 0.2) is 18.5 Å². The van der Waals surface area contributed by atoms with Crippen LogP contribution in [0, 0.1) is 5.41 Å². The lowest BCUT2D eigenvalue weighted by molar-refractivity contribution is 0.125. The van der Waals surface area contributed by atoms with Crippen LogP contribution in [-0.4, -0.2) is 9.55 Å². The van der Waals surface area contributed by atoms with Crippen LogP contribution in [0.1, 0.15) is 52.7 Å². The molecule has 102 valence electrons. The van der Waals surface area contributed by atoms with Gasteiger partial charge in [0.2, 0.25) is 0 Å². The molecule has 3 rings (SSSR count). The number of rotatable bonds is 0. The second-order valence-electron chi connectivity index (χ2n) is 7.62. The third-order valence-corrected chi connectivity index (χ3v) is 6.34. The molecule has 0 atom stereocenters. The van der Waals surface area contributed by atoms with E-state index in [-0.39, 0.29) is 16.2 Å². The SMILES string of the molecule is Cn1cnc2cc3c(cc21)C(C)(C)C(C)(C)C3(C)C. The van der Waals surface area contributed by atoms with Crippen molar-refractivity contribution >= 4 is 11.0 Å². The lowest BCUT2D eigenvalue weighted by Crippen LogP contribution is -2.42. The van der Waals surface area contributed by atoms with Crippen LogP contribution in [0.3, 0.4) is 0 Å². The van der Waals surface area contributed by atoms with E-state index in [0.29, 0.717) is 0 Å². The van der Waals surface area contributed by atoms with Crippen LogP contribution in [0.4, 0.5) is 0 Å². The Morgan fingerprint density at radius 2 is 1.42 bits per heavy atom. The Hall–Kier alpha value is -1.31. The molecule has 0 saturated heterocycles. The van der Waals surface area contributed by atoms with Crippen LogP contribution >= 0.6 is 0 Å². The summed E-state index contributed by atoms with van der Waals surface area (Å²) in [5, 5.41) is 0. The number of nitrogens with zero attached hydrogens (tertiary/aromatic N) is 2. The lowest BCUT2D eigenvalue weighted by Gasteiger charge is -2.44. The van der Waals surface area contributed by atoms with Gasteiger partial charge in [-0.2, -0.15) is 0 Å². The van der Waals surface area contributed by atoms with Crippen molar-refractivity contribution in [3.63, 3.8) is 0 Å². The van der Waals surface area contributed by atoms with E-state index >= 15 is 0 Å². The Morgan fingerprint density at radius 1 is 0.895 bits per heavy atom. The van der Waals surface area contributed by atoms with Gasteiger partial charge in [-0.1, -0.05) is 41.5 Å². The lowest BCUT2D eigenvalue weighted by atomic mass is 9.59. The summed E-state index contributed by atoms with van der Waals surface area (Å²) in [6, 6.07) is 4.66. The molecule has 1 aliphatic carbocycles. The van der Waals surface area contributed by atoms with E-state index in [1.165, 1.54) is 16.6 Å². The largest absolute Gasteiger partial charge is 0.334 e. The van der Waals surface area contributed by atoms with Crippen LogP contribution in [-0.2, 0) is 17.9 Å². The van der Waals surface area contributed by atoms with Crippen molar-refractivity contribution in [2.75, 3.05) is 0 Å². The van der Waals surface area contributed by atoms with Gasteiger partial charge >= 0.3 is 0 Å². The Bertz CT molecular complexity index is 672. The molecule has 1 aliphatic rings. The van der Waals surface area contributed by atoms with Crippen molar-refractivity contribution in [2.24, 2.45) is 12.5 Å². The third kappa shape index (κ3) is 1.25. The highest BCUT2D eigenvalue weighted by Crippen LogP contribution is 2.61. The molecule has 0 aliphatic heterocycles. The zero-order chi connectivity index (χ0) is 14.2. The highest BCUT2D eigenvalue weighted by molar-refractivity contribution is 5.79. The maximum atomic E-state index is 4.52. The number of benzene rings is 1. The first-order valence-electron chi connectivity index (χ1n) is 7.07. The zero-order valence-corrected chi connectivity index (χ0v) is 13.1. The molecule has 0 radical (unpaired) electrons. The standard InChI is InChI=1S/C17H24N2/c1-15(2)11-8-13-14(19(7)10-18-13)9-12(11)16(3,4)17(15,5)6/h8-10H,1-7H3. The average Bonchev–Trinajstić information content (AvgIpc) is 2.72. The van der Waals surface area contributed by atoms with Crippen molar-refractivity contribution < 1.29 is 0 Å². The minimum atomic E-state index is 0.164. The Labute approximate surface area is 115 Å². The first kappa shape index (κ1) is 12.7. The number of hydrogen-bond donors (Lipinski definition) is 0. The normalized spacial score (nSPS) is 22.7. The van der Waals surface area contributed by atoms with Gasteiger partial charge in [-0.25, -0.2) is 4.98 Å². The molecule has 1 aromatic heterocycles. The predicted octanol–water partition coefficient (Wildman–Crippen LogP) is 4.17. The quantitative estimate of drug-likeness (QED) is 0.692. The van der Waals surface area contributed by atoms with E-state index in [0.717, 1.165) is 5.52 Å². The fourth-order valence-corrected chi connectivity index (χ4v) is 3.66. The smallest absolute Gasteiger partial charge is 0.0955 e. The fourth-order valence-electron chi connectivity index (χ4n) is 3.66. The molecule has 1 aromatic carbocycles. The van der Waals surface area contributed by atoms with Crippen LogP contribution < -0.4 is 0 Å². The second kappa shape index (κ2) is 3.23. The molecule has 0 N–H and O–H groups in total. The van der Waals surface area contributed by atoms with Crippen LogP contribution in [0.5, 0.6) is 0 Å². The third-order valence-electron chi connectivity index (χ3n) is 6.34. The minimum absolute atomic E-state index is 0.164. The van der Waals surface area contributed by atoms with Gasteiger partial charge < -0.3 is 4.57 Å². The molecular weight excluding hydrogens is 232 g/mol. The molecule has 0 spiro atoms. The molecule has 0 saturated carbocycles. The summed E-state index contributed by atoms with van der Waals surface area (Å²) in [6.45, 7) is 14.3. The summed E-state index contributed by atoms with van der Waals surface area (Å²) in [5.41, 5.74) is 5.86. The molecule has 0 bridgehead atoms. The molecule has 19 heavy (non-hydrogen) atoms. The first-order chi connectivity index (χ1) is 8.60.